The molecule has 1 N–H and O–H groups in total. The molecule has 0 aliphatic heterocycles. The minimum Gasteiger partial charge on any atom is -0.497 e. The minimum absolute atomic E-state index is 0.101. The van der Waals surface area contributed by atoms with E-state index in [2.05, 4.69) is 43.4 Å². The third kappa shape index (κ3) is 6.10. The zero-order chi connectivity index (χ0) is 18.9. The van der Waals surface area contributed by atoms with E-state index in [-0.39, 0.29) is 5.91 Å². The van der Waals surface area contributed by atoms with Crippen molar-refractivity contribution in [3.63, 3.8) is 0 Å². The lowest BCUT2D eigenvalue weighted by Crippen LogP contribution is -2.36. The fourth-order valence-electron chi connectivity index (χ4n) is 2.63. The lowest BCUT2D eigenvalue weighted by Gasteiger charge is -2.15. The Labute approximate surface area is 156 Å². The highest BCUT2D eigenvalue weighted by molar-refractivity contribution is 5.80. The normalized spacial score (nSPS) is 11.9. The molecule has 0 aromatic heterocycles. The van der Waals surface area contributed by atoms with Crippen molar-refractivity contribution in [2.24, 2.45) is 0 Å². The van der Waals surface area contributed by atoms with Gasteiger partial charge < -0.3 is 14.8 Å². The summed E-state index contributed by atoms with van der Waals surface area (Å²) in [6.07, 6.45) is 1.32. The molecule has 2 aromatic carbocycles. The number of methoxy groups -OCH3 is 1. The predicted molar refractivity (Wildman–Crippen MR) is 105 cm³/mol. The number of aryl methyl sites for hydroxylation is 1. The molecule has 0 aliphatic carbocycles. The Kier molecular flexibility index (Phi) is 7.52. The molecule has 0 unspecified atom stereocenters. The van der Waals surface area contributed by atoms with Crippen LogP contribution in [0, 0.1) is 0 Å². The fraction of sp³-hybridized carbons (Fsp3) is 0.409. The number of amides is 1. The van der Waals surface area contributed by atoms with E-state index in [0.717, 1.165) is 18.6 Å². The summed E-state index contributed by atoms with van der Waals surface area (Å²) >= 11 is 0. The third-order valence-electron chi connectivity index (χ3n) is 4.33. The van der Waals surface area contributed by atoms with Crippen molar-refractivity contribution in [2.75, 3.05) is 13.7 Å². The molecule has 0 fully saturated rings. The van der Waals surface area contributed by atoms with Crippen molar-refractivity contribution in [3.8, 4) is 11.5 Å². The number of carbonyl (C=O) groups excluding carboxylic acids is 1. The van der Waals surface area contributed by atoms with Gasteiger partial charge in [-0.2, -0.15) is 0 Å². The van der Waals surface area contributed by atoms with Gasteiger partial charge in [-0.3, -0.25) is 4.79 Å². The first kappa shape index (κ1) is 19.8. The first-order valence-electron chi connectivity index (χ1n) is 9.17. The van der Waals surface area contributed by atoms with Crippen LogP contribution in [-0.2, 0) is 11.2 Å². The van der Waals surface area contributed by atoms with Crippen LogP contribution in [0.5, 0.6) is 11.5 Å². The maximum atomic E-state index is 12.1. The van der Waals surface area contributed by atoms with Gasteiger partial charge >= 0.3 is 0 Å². The van der Waals surface area contributed by atoms with Gasteiger partial charge in [-0.05, 0) is 61.1 Å². The second-order valence-corrected chi connectivity index (χ2v) is 6.73. The molecule has 0 heterocycles. The first-order chi connectivity index (χ1) is 12.5. The Hall–Kier alpha value is -2.49. The maximum Gasteiger partial charge on any atom is 0.260 e. The van der Waals surface area contributed by atoms with Crippen LogP contribution in [-0.4, -0.2) is 25.7 Å². The van der Waals surface area contributed by atoms with Crippen LogP contribution in [0.4, 0.5) is 0 Å². The molecule has 140 valence electrons. The Morgan fingerprint density at radius 3 is 2.15 bits per heavy atom. The number of carbonyl (C=O) groups is 1. The van der Waals surface area contributed by atoms with Crippen molar-refractivity contribution in [1.29, 1.82) is 0 Å². The number of ether oxygens (including phenoxy) is 2. The summed E-state index contributed by atoms with van der Waals surface area (Å²) in [7, 11) is 1.62. The molecule has 0 bridgehead atoms. The van der Waals surface area contributed by atoms with E-state index in [4.69, 9.17) is 9.47 Å². The molecular formula is C22H29NO3. The molecule has 26 heavy (non-hydrogen) atoms. The van der Waals surface area contributed by atoms with Gasteiger partial charge in [-0.25, -0.2) is 0 Å². The standard InChI is InChI=1S/C22H29NO3/c1-16(2)19-9-7-18(8-10-19)6-5-15-23-22(24)17(3)26-21-13-11-20(25-4)12-14-21/h7-14,16-17H,5-6,15H2,1-4H3,(H,23,24)/t17-/m0/s1. The van der Waals surface area contributed by atoms with Crippen LogP contribution in [0.1, 0.15) is 44.2 Å². The molecule has 2 aromatic rings. The Bertz CT molecular complexity index is 678. The lowest BCUT2D eigenvalue weighted by molar-refractivity contribution is -0.127. The number of hydrogen-bond donors (Lipinski definition) is 1. The van der Waals surface area contributed by atoms with Gasteiger partial charge in [-0.1, -0.05) is 38.1 Å². The highest BCUT2D eigenvalue weighted by atomic mass is 16.5. The highest BCUT2D eigenvalue weighted by Gasteiger charge is 2.14. The molecular weight excluding hydrogens is 326 g/mol. The van der Waals surface area contributed by atoms with E-state index >= 15 is 0 Å². The summed E-state index contributed by atoms with van der Waals surface area (Å²) in [5.74, 6) is 1.86. The highest BCUT2D eigenvalue weighted by Crippen LogP contribution is 2.18. The van der Waals surface area contributed by atoms with Gasteiger partial charge in [-0.15, -0.1) is 0 Å². The quantitative estimate of drug-likeness (QED) is 0.681. The van der Waals surface area contributed by atoms with E-state index in [0.29, 0.717) is 18.2 Å². The number of rotatable bonds is 9. The van der Waals surface area contributed by atoms with Gasteiger partial charge in [0.15, 0.2) is 6.10 Å². The second kappa shape index (κ2) is 9.85. The van der Waals surface area contributed by atoms with Gasteiger partial charge in [0, 0.05) is 6.54 Å². The largest absolute Gasteiger partial charge is 0.497 e. The van der Waals surface area contributed by atoms with Crippen LogP contribution in [0.3, 0.4) is 0 Å². The molecule has 0 saturated carbocycles. The molecule has 0 aliphatic rings. The van der Waals surface area contributed by atoms with E-state index in [1.54, 1.807) is 26.2 Å². The first-order valence-corrected chi connectivity index (χ1v) is 9.17. The molecule has 1 atom stereocenters. The summed E-state index contributed by atoms with van der Waals surface area (Å²) in [5, 5.41) is 2.94. The average molecular weight is 355 g/mol. The van der Waals surface area contributed by atoms with Crippen molar-refractivity contribution < 1.29 is 14.3 Å². The van der Waals surface area contributed by atoms with Crippen molar-refractivity contribution in [1.82, 2.24) is 5.32 Å². The van der Waals surface area contributed by atoms with Gasteiger partial charge in [0.1, 0.15) is 11.5 Å². The topological polar surface area (TPSA) is 47.6 Å². The maximum absolute atomic E-state index is 12.1. The van der Waals surface area contributed by atoms with Crippen LogP contribution in [0.25, 0.3) is 0 Å². The summed E-state index contributed by atoms with van der Waals surface area (Å²) in [4.78, 5) is 12.1. The van der Waals surface area contributed by atoms with Crippen LogP contribution >= 0.6 is 0 Å². The van der Waals surface area contributed by atoms with Crippen LogP contribution in [0.2, 0.25) is 0 Å². The van der Waals surface area contributed by atoms with E-state index in [9.17, 15) is 4.79 Å². The monoisotopic (exact) mass is 355 g/mol. The van der Waals surface area contributed by atoms with E-state index in [1.165, 1.54) is 11.1 Å². The zero-order valence-corrected chi connectivity index (χ0v) is 16.1. The Morgan fingerprint density at radius 1 is 0.962 bits per heavy atom. The van der Waals surface area contributed by atoms with Crippen molar-refractivity contribution in [2.45, 2.75) is 45.6 Å². The summed E-state index contributed by atoms with van der Waals surface area (Å²) in [6, 6.07) is 15.9. The van der Waals surface area contributed by atoms with Gasteiger partial charge in [0.25, 0.3) is 5.91 Å². The molecule has 2 rings (SSSR count). The fourth-order valence-corrected chi connectivity index (χ4v) is 2.63. The smallest absolute Gasteiger partial charge is 0.260 e. The number of nitrogens with one attached hydrogen (secondary N) is 1. The third-order valence-corrected chi connectivity index (χ3v) is 4.33. The molecule has 0 spiro atoms. The van der Waals surface area contributed by atoms with Crippen molar-refractivity contribution >= 4 is 5.91 Å². The summed E-state index contributed by atoms with van der Waals surface area (Å²) in [5.41, 5.74) is 2.65. The molecule has 1 amide bonds. The Balaban J connectivity index is 1.70. The molecule has 4 nitrogen and oxygen atoms in total. The van der Waals surface area contributed by atoms with E-state index < -0.39 is 6.10 Å². The molecule has 0 radical (unpaired) electrons. The minimum atomic E-state index is -0.534. The van der Waals surface area contributed by atoms with Crippen molar-refractivity contribution in [3.05, 3.63) is 59.7 Å². The van der Waals surface area contributed by atoms with E-state index in [1.807, 2.05) is 12.1 Å². The zero-order valence-electron chi connectivity index (χ0n) is 16.1. The average Bonchev–Trinajstić information content (AvgIpc) is 2.66. The summed E-state index contributed by atoms with van der Waals surface area (Å²) < 4.78 is 10.8. The number of benzene rings is 2. The SMILES string of the molecule is COc1ccc(O[C@@H](C)C(=O)NCCCc2ccc(C(C)C)cc2)cc1. The lowest BCUT2D eigenvalue weighted by atomic mass is 10.0. The molecule has 4 heteroatoms. The number of hydrogen-bond acceptors (Lipinski definition) is 3. The predicted octanol–water partition coefficient (Wildman–Crippen LogP) is 4.33. The molecule has 0 saturated heterocycles. The van der Waals surface area contributed by atoms with Gasteiger partial charge in [0.05, 0.1) is 7.11 Å². The van der Waals surface area contributed by atoms with Gasteiger partial charge in [0.2, 0.25) is 0 Å². The summed E-state index contributed by atoms with van der Waals surface area (Å²) in [6.45, 7) is 6.78. The second-order valence-electron chi connectivity index (χ2n) is 6.73. The van der Waals surface area contributed by atoms with Crippen LogP contribution in [0.15, 0.2) is 48.5 Å². The Morgan fingerprint density at radius 2 is 1.58 bits per heavy atom. The van der Waals surface area contributed by atoms with Crippen LogP contribution < -0.4 is 14.8 Å².